The van der Waals surface area contributed by atoms with Gasteiger partial charge in [-0.05, 0) is 76.2 Å². The summed E-state index contributed by atoms with van der Waals surface area (Å²) in [6.45, 7) is 0. The summed E-state index contributed by atoms with van der Waals surface area (Å²) >= 11 is 0. The molecule has 4 rings (SSSR count). The number of phenols is 2. The minimum atomic E-state index is -0.957. The zero-order chi connectivity index (χ0) is 18.3. The molecule has 1 aliphatic rings. The molecule has 0 bridgehead atoms. The molecule has 3 N–H and O–H groups in total. The monoisotopic (exact) mass is 344 g/mol. The first kappa shape index (κ1) is 16.0. The highest BCUT2D eigenvalue weighted by atomic mass is 16.4. The van der Waals surface area contributed by atoms with Crippen molar-refractivity contribution in [3.63, 3.8) is 0 Å². The van der Waals surface area contributed by atoms with Gasteiger partial charge in [-0.3, -0.25) is 0 Å². The number of rotatable bonds is 3. The van der Waals surface area contributed by atoms with Crippen LogP contribution in [0, 0.1) is 0 Å². The lowest BCUT2D eigenvalue weighted by Gasteiger charge is -2.10. The normalized spacial score (nSPS) is 12.9. The molecule has 0 radical (unpaired) electrons. The van der Waals surface area contributed by atoms with Crippen LogP contribution in [0.25, 0.3) is 11.1 Å². The van der Waals surface area contributed by atoms with Crippen molar-refractivity contribution in [1.29, 1.82) is 0 Å². The number of carbonyl (C=O) groups is 1. The van der Waals surface area contributed by atoms with E-state index in [1.54, 1.807) is 48.5 Å². The molecule has 128 valence electrons. The number of carboxylic acids is 1. The maximum atomic E-state index is 11.1. The van der Waals surface area contributed by atoms with Gasteiger partial charge in [-0.1, -0.05) is 30.3 Å². The molecule has 0 unspecified atom stereocenters. The van der Waals surface area contributed by atoms with E-state index < -0.39 is 5.97 Å². The summed E-state index contributed by atoms with van der Waals surface area (Å²) in [6, 6.07) is 19.1. The predicted octanol–water partition coefficient (Wildman–Crippen LogP) is 4.31. The fourth-order valence-electron chi connectivity index (χ4n) is 3.43. The van der Waals surface area contributed by atoms with E-state index in [2.05, 4.69) is 0 Å². The Morgan fingerprint density at radius 1 is 0.769 bits per heavy atom. The van der Waals surface area contributed by atoms with Crippen LogP contribution in [0.5, 0.6) is 11.5 Å². The molecule has 0 spiro atoms. The van der Waals surface area contributed by atoms with Crippen molar-refractivity contribution >= 4 is 17.1 Å². The number of hydrogen-bond acceptors (Lipinski definition) is 3. The first-order valence-electron chi connectivity index (χ1n) is 8.21. The quantitative estimate of drug-likeness (QED) is 0.661. The highest BCUT2D eigenvalue weighted by Gasteiger charge is 2.24. The van der Waals surface area contributed by atoms with Crippen molar-refractivity contribution in [2.75, 3.05) is 0 Å². The zero-order valence-corrected chi connectivity index (χ0v) is 13.8. The highest BCUT2D eigenvalue weighted by molar-refractivity contribution is 6.04. The third-order valence-electron chi connectivity index (χ3n) is 4.66. The van der Waals surface area contributed by atoms with E-state index in [1.807, 2.05) is 18.2 Å². The Kier molecular flexibility index (Phi) is 3.73. The molecule has 1 aliphatic carbocycles. The average Bonchev–Trinajstić information content (AvgIpc) is 3.00. The summed E-state index contributed by atoms with van der Waals surface area (Å²) in [5.74, 6) is -0.535. The van der Waals surface area contributed by atoms with Gasteiger partial charge in [0, 0.05) is 0 Å². The Morgan fingerprint density at radius 2 is 1.38 bits per heavy atom. The largest absolute Gasteiger partial charge is 0.508 e. The van der Waals surface area contributed by atoms with E-state index in [4.69, 9.17) is 5.11 Å². The maximum Gasteiger partial charge on any atom is 0.335 e. The Hall–Kier alpha value is -3.53. The summed E-state index contributed by atoms with van der Waals surface area (Å²) in [5, 5.41) is 28.5. The first-order valence-corrected chi connectivity index (χ1v) is 8.21. The SMILES string of the molecule is O=C(O)c1ccc(C2=C(c3ccc(O)cc3)Cc3cc(O)ccc32)cc1. The molecular formula is C22H16O4. The van der Waals surface area contributed by atoms with Gasteiger partial charge in [0.2, 0.25) is 0 Å². The molecule has 0 fully saturated rings. The minimum Gasteiger partial charge on any atom is -0.508 e. The average molecular weight is 344 g/mol. The Bertz CT molecular complexity index is 1030. The fourth-order valence-corrected chi connectivity index (χ4v) is 3.43. The summed E-state index contributed by atoms with van der Waals surface area (Å²) in [4.78, 5) is 11.1. The smallest absolute Gasteiger partial charge is 0.335 e. The first-order chi connectivity index (χ1) is 12.5. The van der Waals surface area contributed by atoms with Crippen molar-refractivity contribution < 1.29 is 20.1 Å². The van der Waals surface area contributed by atoms with Crippen molar-refractivity contribution in [1.82, 2.24) is 0 Å². The lowest BCUT2D eigenvalue weighted by atomic mass is 9.94. The van der Waals surface area contributed by atoms with E-state index in [-0.39, 0.29) is 17.1 Å². The molecule has 0 amide bonds. The van der Waals surface area contributed by atoms with E-state index in [0.717, 1.165) is 33.4 Å². The number of fused-ring (bicyclic) bond motifs is 1. The summed E-state index contributed by atoms with van der Waals surface area (Å²) < 4.78 is 0. The van der Waals surface area contributed by atoms with Gasteiger partial charge in [-0.2, -0.15) is 0 Å². The Balaban J connectivity index is 1.90. The van der Waals surface area contributed by atoms with Gasteiger partial charge in [0.05, 0.1) is 5.56 Å². The molecule has 0 aliphatic heterocycles. The van der Waals surface area contributed by atoms with Gasteiger partial charge < -0.3 is 15.3 Å². The molecule has 0 aromatic heterocycles. The van der Waals surface area contributed by atoms with Gasteiger partial charge in [0.15, 0.2) is 0 Å². The zero-order valence-electron chi connectivity index (χ0n) is 13.8. The number of aromatic carboxylic acids is 1. The molecular weight excluding hydrogens is 328 g/mol. The molecule has 3 aromatic carbocycles. The molecule has 3 aromatic rings. The lowest BCUT2D eigenvalue weighted by molar-refractivity contribution is 0.0697. The minimum absolute atomic E-state index is 0.204. The number of hydrogen-bond donors (Lipinski definition) is 3. The summed E-state index contributed by atoms with van der Waals surface area (Å²) in [7, 11) is 0. The third kappa shape index (κ3) is 2.71. The molecule has 0 saturated carbocycles. The molecule has 26 heavy (non-hydrogen) atoms. The second-order valence-electron chi connectivity index (χ2n) is 6.30. The third-order valence-corrected chi connectivity index (χ3v) is 4.66. The second kappa shape index (κ2) is 6.08. The summed E-state index contributed by atoms with van der Waals surface area (Å²) in [5.41, 5.74) is 6.28. The van der Waals surface area contributed by atoms with Crippen molar-refractivity contribution in [3.8, 4) is 11.5 Å². The van der Waals surface area contributed by atoms with Crippen molar-refractivity contribution in [2.24, 2.45) is 0 Å². The van der Waals surface area contributed by atoms with Crippen LogP contribution in [-0.2, 0) is 6.42 Å². The van der Waals surface area contributed by atoms with Crippen LogP contribution < -0.4 is 0 Å². The van der Waals surface area contributed by atoms with Gasteiger partial charge >= 0.3 is 5.97 Å². The highest BCUT2D eigenvalue weighted by Crippen LogP contribution is 2.43. The van der Waals surface area contributed by atoms with Crippen LogP contribution in [0.2, 0.25) is 0 Å². The number of benzene rings is 3. The van der Waals surface area contributed by atoms with Crippen LogP contribution in [0.1, 0.15) is 32.6 Å². The van der Waals surface area contributed by atoms with Crippen LogP contribution >= 0.6 is 0 Å². The molecule has 4 nitrogen and oxygen atoms in total. The topological polar surface area (TPSA) is 77.8 Å². The fraction of sp³-hybridized carbons (Fsp3) is 0.0455. The van der Waals surface area contributed by atoms with Crippen LogP contribution in [-0.4, -0.2) is 21.3 Å². The van der Waals surface area contributed by atoms with Crippen molar-refractivity contribution in [3.05, 3.63) is 94.5 Å². The molecule has 0 heterocycles. The van der Waals surface area contributed by atoms with E-state index in [1.165, 1.54) is 0 Å². The van der Waals surface area contributed by atoms with E-state index in [9.17, 15) is 15.0 Å². The predicted molar refractivity (Wildman–Crippen MR) is 99.2 cm³/mol. The van der Waals surface area contributed by atoms with Gasteiger partial charge in [0.25, 0.3) is 0 Å². The maximum absolute atomic E-state index is 11.1. The molecule has 0 atom stereocenters. The van der Waals surface area contributed by atoms with Gasteiger partial charge in [-0.25, -0.2) is 4.79 Å². The molecule has 0 saturated heterocycles. The molecule has 4 heteroatoms. The van der Waals surface area contributed by atoms with Crippen molar-refractivity contribution in [2.45, 2.75) is 6.42 Å². The van der Waals surface area contributed by atoms with Crippen LogP contribution in [0.15, 0.2) is 66.7 Å². The van der Waals surface area contributed by atoms with E-state index >= 15 is 0 Å². The number of allylic oxidation sites excluding steroid dienone is 1. The van der Waals surface area contributed by atoms with E-state index in [0.29, 0.717) is 6.42 Å². The summed E-state index contributed by atoms with van der Waals surface area (Å²) in [6.07, 6.45) is 0.657. The second-order valence-corrected chi connectivity index (χ2v) is 6.30. The lowest BCUT2D eigenvalue weighted by Crippen LogP contribution is -1.96. The van der Waals surface area contributed by atoms with Crippen LogP contribution in [0.4, 0.5) is 0 Å². The van der Waals surface area contributed by atoms with Crippen LogP contribution in [0.3, 0.4) is 0 Å². The Morgan fingerprint density at radius 3 is 2.04 bits per heavy atom. The number of aromatic hydroxyl groups is 2. The Labute approximate surface area is 150 Å². The standard InChI is InChI=1S/C22H16O4/c23-17-7-5-13(6-8-17)20-12-16-11-18(24)9-10-19(16)21(20)14-1-3-15(4-2-14)22(25)26/h1-11,23-24H,12H2,(H,25,26). The van der Waals surface area contributed by atoms with Gasteiger partial charge in [0.1, 0.15) is 11.5 Å². The van der Waals surface area contributed by atoms with Gasteiger partial charge in [-0.15, -0.1) is 0 Å². The number of carboxylic acid groups (broad SMARTS) is 1. The number of phenolic OH excluding ortho intramolecular Hbond substituents is 2.